The Hall–Kier alpha value is -3.87. The number of phenols is 1. The second-order valence-corrected chi connectivity index (χ2v) is 13.8. The normalized spacial score (nSPS) is 21.3. The molecule has 4 heterocycles. The van der Waals surface area contributed by atoms with Crippen molar-refractivity contribution >= 4 is 23.8 Å². The number of urea groups is 1. The van der Waals surface area contributed by atoms with Crippen LogP contribution in [-0.4, -0.2) is 132 Å². The van der Waals surface area contributed by atoms with Crippen molar-refractivity contribution in [2.75, 3.05) is 71.3 Å². The van der Waals surface area contributed by atoms with Crippen LogP contribution in [-0.2, 0) is 27.2 Å². The Balaban J connectivity index is 1.05. The fraction of sp³-hybridized carbons (Fsp3) is 0.583. The van der Waals surface area contributed by atoms with E-state index in [2.05, 4.69) is 22.2 Å². The van der Waals surface area contributed by atoms with E-state index in [9.17, 15) is 19.5 Å². The topological polar surface area (TPSA) is 118 Å². The smallest absolute Gasteiger partial charge is 0.507 e. The third-order valence-electron chi connectivity index (χ3n) is 10.5. The molecule has 4 aliphatic heterocycles. The molecule has 0 radical (unpaired) electrons. The van der Waals surface area contributed by atoms with Crippen molar-refractivity contribution in [1.82, 2.24) is 24.7 Å². The molecule has 12 nitrogen and oxygen atoms in total. The predicted octanol–water partition coefficient (Wildman–Crippen LogP) is 3.78. The number of ether oxygens (including phenoxy) is 1. The molecule has 4 aliphatic rings. The van der Waals surface area contributed by atoms with Crippen molar-refractivity contribution in [1.29, 1.82) is 0 Å². The molecule has 2 aromatic carbocycles. The summed E-state index contributed by atoms with van der Waals surface area (Å²) in [5, 5.41) is 14.9. The number of hydroxylamine groups is 2. The molecule has 6 rings (SSSR count). The van der Waals surface area contributed by atoms with Gasteiger partial charge in [-0.3, -0.25) is 9.69 Å². The van der Waals surface area contributed by atoms with Gasteiger partial charge in [-0.05, 0) is 94.4 Å². The molecule has 0 aliphatic carbocycles. The third-order valence-corrected chi connectivity index (χ3v) is 10.5. The van der Waals surface area contributed by atoms with E-state index in [4.69, 9.17) is 9.57 Å². The molecule has 3 saturated heterocycles. The summed E-state index contributed by atoms with van der Waals surface area (Å²) in [5.41, 5.74) is 4.19. The van der Waals surface area contributed by atoms with Gasteiger partial charge in [-0.25, -0.2) is 9.59 Å². The second kappa shape index (κ2) is 15.1. The van der Waals surface area contributed by atoms with E-state index < -0.39 is 12.3 Å². The summed E-state index contributed by atoms with van der Waals surface area (Å²) in [7, 11) is 2.16. The van der Waals surface area contributed by atoms with Gasteiger partial charge < -0.3 is 34.7 Å². The number of amides is 3. The first-order valence-electron chi connectivity index (χ1n) is 17.4. The van der Waals surface area contributed by atoms with Crippen molar-refractivity contribution in [3.63, 3.8) is 0 Å². The lowest BCUT2D eigenvalue weighted by molar-refractivity contribution is -0.161. The van der Waals surface area contributed by atoms with Crippen molar-refractivity contribution in [3.8, 4) is 5.75 Å². The maximum absolute atomic E-state index is 13.9. The molecule has 0 aromatic heterocycles. The number of likely N-dealkylation sites (tertiary alicyclic amines) is 1. The van der Waals surface area contributed by atoms with Gasteiger partial charge in [-0.15, -0.1) is 5.06 Å². The Kier molecular flexibility index (Phi) is 10.7. The molecule has 0 unspecified atom stereocenters. The van der Waals surface area contributed by atoms with E-state index >= 15 is 0 Å². The highest BCUT2D eigenvalue weighted by atomic mass is 16.8. The molecule has 1 atom stereocenters. The van der Waals surface area contributed by atoms with Gasteiger partial charge in [0.1, 0.15) is 5.75 Å². The number of piperidine rings is 2. The highest BCUT2D eigenvalue weighted by Gasteiger charge is 2.35. The van der Waals surface area contributed by atoms with Crippen molar-refractivity contribution in [3.05, 3.63) is 58.7 Å². The molecule has 2 aromatic rings. The Morgan fingerprint density at radius 1 is 0.896 bits per heavy atom. The molecule has 0 spiro atoms. The van der Waals surface area contributed by atoms with Crippen LogP contribution in [0.3, 0.4) is 0 Å². The monoisotopic (exact) mass is 662 g/mol. The number of rotatable bonds is 7. The molecule has 0 bridgehead atoms. The molecule has 260 valence electrons. The lowest BCUT2D eigenvalue weighted by Crippen LogP contribution is -2.56. The first-order chi connectivity index (χ1) is 23.1. The molecular weight excluding hydrogens is 612 g/mol. The first-order valence-corrected chi connectivity index (χ1v) is 17.4. The summed E-state index contributed by atoms with van der Waals surface area (Å²) in [6, 6.07) is 12.0. The minimum absolute atomic E-state index is 0.0265. The number of anilines is 1. The van der Waals surface area contributed by atoms with Crippen LogP contribution in [0.2, 0.25) is 0 Å². The number of fused-ring (bicyclic) bond motifs is 1. The van der Waals surface area contributed by atoms with E-state index in [0.717, 1.165) is 62.3 Å². The van der Waals surface area contributed by atoms with Gasteiger partial charge in [0.2, 0.25) is 0 Å². The second-order valence-electron chi connectivity index (χ2n) is 13.8. The Labute approximate surface area is 283 Å². The number of hydrogen-bond donors (Lipinski definition) is 2. The molecule has 3 amide bonds. The number of benzene rings is 2. The fourth-order valence-electron chi connectivity index (χ4n) is 7.65. The van der Waals surface area contributed by atoms with Crippen LogP contribution in [0.25, 0.3) is 0 Å². The van der Waals surface area contributed by atoms with Crippen LogP contribution in [0.5, 0.6) is 5.75 Å². The first kappa shape index (κ1) is 34.0. The Morgan fingerprint density at radius 2 is 1.54 bits per heavy atom. The van der Waals surface area contributed by atoms with Crippen LogP contribution in [0.4, 0.5) is 15.3 Å². The van der Waals surface area contributed by atoms with E-state index in [1.165, 1.54) is 0 Å². The Morgan fingerprint density at radius 3 is 2.23 bits per heavy atom. The van der Waals surface area contributed by atoms with Crippen LogP contribution in [0.15, 0.2) is 36.4 Å². The van der Waals surface area contributed by atoms with Gasteiger partial charge in [-0.2, -0.15) is 0 Å². The number of nitrogens with zero attached hydrogens (tertiary/aromatic N) is 5. The van der Waals surface area contributed by atoms with Gasteiger partial charge in [0.15, 0.2) is 6.10 Å². The van der Waals surface area contributed by atoms with Gasteiger partial charge in [0, 0.05) is 70.0 Å². The Bertz CT molecular complexity index is 1440. The quantitative estimate of drug-likeness (QED) is 0.427. The van der Waals surface area contributed by atoms with Crippen molar-refractivity contribution in [2.45, 2.75) is 70.6 Å². The maximum Gasteiger partial charge on any atom is 0.528 e. The van der Waals surface area contributed by atoms with Crippen LogP contribution in [0.1, 0.15) is 47.9 Å². The van der Waals surface area contributed by atoms with Gasteiger partial charge >= 0.3 is 12.2 Å². The lowest BCUT2D eigenvalue weighted by atomic mass is 10.00. The maximum atomic E-state index is 13.9. The summed E-state index contributed by atoms with van der Waals surface area (Å²) in [6.45, 7) is 10.1. The largest absolute Gasteiger partial charge is 0.528 e. The standard InChI is InChI=1S/C36H50N6O6/c1-25-22-27(23-26(2)33(25)43)24-32(34(44)40-20-18-39(19-21-40)29-9-13-38(3)14-10-29)47-36(46)48-41-15-11-30(12-16-41)42-17-8-28-6-4-5-7-31(28)37-35(42)45/h4-7,22-23,29-30,32,43H,8-21,24H2,1-3H3,(H,37,45)/t32-/m1/s1. The molecule has 48 heavy (non-hydrogen) atoms. The third kappa shape index (κ3) is 8.04. The van der Waals surface area contributed by atoms with Crippen LogP contribution < -0.4 is 5.32 Å². The molecule has 2 N–H and O–H groups in total. The van der Waals surface area contributed by atoms with Crippen LogP contribution >= 0.6 is 0 Å². The highest BCUT2D eigenvalue weighted by Crippen LogP contribution is 2.27. The zero-order valence-corrected chi connectivity index (χ0v) is 28.5. The minimum Gasteiger partial charge on any atom is -0.507 e. The molecule has 12 heteroatoms. The molecule has 3 fully saturated rings. The van der Waals surface area contributed by atoms with Gasteiger partial charge in [-0.1, -0.05) is 30.3 Å². The lowest BCUT2D eigenvalue weighted by Gasteiger charge is -2.42. The average molecular weight is 663 g/mol. The number of nitrogens with one attached hydrogen (secondary N) is 1. The van der Waals surface area contributed by atoms with E-state index in [-0.39, 0.29) is 30.2 Å². The zero-order chi connectivity index (χ0) is 33.8. The van der Waals surface area contributed by atoms with Gasteiger partial charge in [0.25, 0.3) is 5.91 Å². The zero-order valence-electron chi connectivity index (χ0n) is 28.5. The fourth-order valence-corrected chi connectivity index (χ4v) is 7.65. The molecule has 0 saturated carbocycles. The van der Waals surface area contributed by atoms with E-state index in [0.29, 0.717) is 62.7 Å². The minimum atomic E-state index is -1.06. The SMILES string of the molecule is Cc1cc(C[C@@H](OC(=O)ON2CCC(N3CCc4ccccc4NC3=O)CC2)C(=O)N2CCN(C3CCN(C)CC3)CC2)cc(C)c1O. The highest BCUT2D eigenvalue weighted by molar-refractivity contribution is 5.91. The number of phenolic OH excluding ortho intramolecular Hbond substituents is 1. The number of carbonyl (C=O) groups is 3. The van der Waals surface area contributed by atoms with Crippen molar-refractivity contribution < 1.29 is 29.1 Å². The molecular formula is C36H50N6O6. The number of hydrogen-bond acceptors (Lipinski definition) is 9. The summed E-state index contributed by atoms with van der Waals surface area (Å²) in [6.07, 6.45) is 2.55. The number of aryl methyl sites for hydroxylation is 2. The number of carbonyl (C=O) groups excluding carboxylic acids is 3. The number of aromatic hydroxyl groups is 1. The van der Waals surface area contributed by atoms with Crippen molar-refractivity contribution in [2.24, 2.45) is 0 Å². The summed E-state index contributed by atoms with van der Waals surface area (Å²) < 4.78 is 5.80. The van der Waals surface area contributed by atoms with E-state index in [1.54, 1.807) is 9.96 Å². The summed E-state index contributed by atoms with van der Waals surface area (Å²) in [5.74, 6) is -0.0113. The van der Waals surface area contributed by atoms with Crippen LogP contribution in [0, 0.1) is 13.8 Å². The summed E-state index contributed by atoms with van der Waals surface area (Å²) >= 11 is 0. The van der Waals surface area contributed by atoms with Gasteiger partial charge in [0.05, 0.1) is 0 Å². The number of para-hydroxylation sites is 1. The summed E-state index contributed by atoms with van der Waals surface area (Å²) in [4.78, 5) is 54.3. The van der Waals surface area contributed by atoms with E-state index in [1.807, 2.05) is 55.1 Å². The number of piperazine rings is 1. The average Bonchev–Trinajstić information content (AvgIpc) is 3.25. The predicted molar refractivity (Wildman–Crippen MR) is 182 cm³/mol.